The van der Waals surface area contributed by atoms with Crippen LogP contribution in [0.2, 0.25) is 0 Å². The Kier molecular flexibility index (Phi) is 8.09. The Bertz CT molecular complexity index is 793. The van der Waals surface area contributed by atoms with Crippen LogP contribution in [0.3, 0.4) is 0 Å². The van der Waals surface area contributed by atoms with E-state index in [1.54, 1.807) is 19.1 Å². The molecule has 0 radical (unpaired) electrons. The largest absolute Gasteiger partial charge is 0.487 e. The molecule has 0 fully saturated rings. The van der Waals surface area contributed by atoms with Crippen molar-refractivity contribution in [3.05, 3.63) is 72.1 Å². The molecule has 1 unspecified atom stereocenters. The van der Waals surface area contributed by atoms with Gasteiger partial charge in [0.15, 0.2) is 9.84 Å². The summed E-state index contributed by atoms with van der Waals surface area (Å²) in [5.41, 5.74) is 5.93. The molecule has 0 spiro atoms. The molecule has 0 aliphatic carbocycles. The zero-order chi connectivity index (χ0) is 17.6. The molecule has 136 valence electrons. The van der Waals surface area contributed by atoms with Gasteiger partial charge in [0.2, 0.25) is 0 Å². The molecule has 0 aliphatic rings. The minimum Gasteiger partial charge on any atom is -0.487 e. The molecular formula is C18H21ClFNO3S. The van der Waals surface area contributed by atoms with Crippen LogP contribution >= 0.6 is 12.4 Å². The zero-order valence-electron chi connectivity index (χ0n) is 13.8. The van der Waals surface area contributed by atoms with Crippen molar-refractivity contribution in [3.63, 3.8) is 0 Å². The molecule has 0 saturated carbocycles. The van der Waals surface area contributed by atoms with Gasteiger partial charge in [0.05, 0.1) is 10.1 Å². The maximum Gasteiger partial charge on any atom is 0.185 e. The number of hydrogen-bond donors (Lipinski definition) is 1. The van der Waals surface area contributed by atoms with E-state index in [1.807, 2.05) is 18.2 Å². The summed E-state index contributed by atoms with van der Waals surface area (Å²) in [6, 6.07) is 15.0. The Hall–Kier alpha value is -1.89. The summed E-state index contributed by atoms with van der Waals surface area (Å²) >= 11 is 0. The minimum absolute atomic E-state index is 0. The van der Waals surface area contributed by atoms with E-state index in [-0.39, 0.29) is 30.5 Å². The average Bonchev–Trinajstić information content (AvgIpc) is 2.60. The van der Waals surface area contributed by atoms with Gasteiger partial charge in [-0.3, -0.25) is 0 Å². The van der Waals surface area contributed by atoms with Crippen molar-refractivity contribution in [3.8, 4) is 5.75 Å². The van der Waals surface area contributed by atoms with E-state index in [0.29, 0.717) is 5.75 Å². The standard InChI is InChI=1S/C18H20FNO3S.ClH/c1-14(15-5-3-2-4-6-15)24(21,22)18-9-7-17(8-10-18)23-13-16(19)11-12-20;/h2-11,14H,12-13,20H2,1H3;1H/b16-11+;. The van der Waals surface area contributed by atoms with Crippen LogP contribution < -0.4 is 10.5 Å². The minimum atomic E-state index is -3.51. The molecule has 2 aromatic carbocycles. The smallest absolute Gasteiger partial charge is 0.185 e. The van der Waals surface area contributed by atoms with Gasteiger partial charge < -0.3 is 10.5 Å². The maximum absolute atomic E-state index is 13.2. The van der Waals surface area contributed by atoms with Crippen molar-refractivity contribution in [2.75, 3.05) is 13.2 Å². The lowest BCUT2D eigenvalue weighted by Gasteiger charge is -2.14. The average molecular weight is 386 g/mol. The highest BCUT2D eigenvalue weighted by Gasteiger charge is 2.24. The first-order valence-corrected chi connectivity index (χ1v) is 9.06. The van der Waals surface area contributed by atoms with Crippen LogP contribution in [-0.4, -0.2) is 21.6 Å². The van der Waals surface area contributed by atoms with Crippen LogP contribution in [-0.2, 0) is 9.84 Å². The maximum atomic E-state index is 13.2. The molecule has 2 N–H and O–H groups in total. The predicted octanol–water partition coefficient (Wildman–Crippen LogP) is 3.83. The van der Waals surface area contributed by atoms with E-state index in [2.05, 4.69) is 0 Å². The molecule has 2 aromatic rings. The molecule has 0 aromatic heterocycles. The lowest BCUT2D eigenvalue weighted by atomic mass is 10.2. The topological polar surface area (TPSA) is 69.4 Å². The second kappa shape index (κ2) is 9.56. The van der Waals surface area contributed by atoms with E-state index in [1.165, 1.54) is 30.3 Å². The molecule has 0 heterocycles. The lowest BCUT2D eigenvalue weighted by molar-refractivity contribution is 0.318. The molecule has 0 saturated heterocycles. The molecule has 7 heteroatoms. The van der Waals surface area contributed by atoms with Crippen LogP contribution in [0.15, 0.2) is 71.4 Å². The fourth-order valence-corrected chi connectivity index (χ4v) is 3.61. The summed E-state index contributed by atoms with van der Waals surface area (Å²) < 4.78 is 43.8. The Morgan fingerprint density at radius 3 is 2.32 bits per heavy atom. The third-order valence-electron chi connectivity index (χ3n) is 3.60. The molecule has 0 aliphatic heterocycles. The Balaban J connectivity index is 0.00000312. The number of sulfone groups is 1. The number of nitrogens with two attached hydrogens (primary N) is 1. The SMILES string of the molecule is CC(c1ccccc1)S(=O)(=O)c1ccc(OC/C(F)=C\CN)cc1.Cl. The van der Waals surface area contributed by atoms with Crippen molar-refractivity contribution in [2.24, 2.45) is 5.73 Å². The predicted molar refractivity (Wildman–Crippen MR) is 99.5 cm³/mol. The normalized spacial score (nSPS) is 13.0. The summed E-state index contributed by atoms with van der Waals surface area (Å²) in [7, 11) is -3.51. The lowest BCUT2D eigenvalue weighted by Crippen LogP contribution is -2.10. The van der Waals surface area contributed by atoms with Crippen molar-refractivity contribution < 1.29 is 17.5 Å². The molecule has 0 bridgehead atoms. The summed E-state index contributed by atoms with van der Waals surface area (Å²) in [6.07, 6.45) is 1.22. The van der Waals surface area contributed by atoms with Crippen molar-refractivity contribution in [2.45, 2.75) is 17.1 Å². The van der Waals surface area contributed by atoms with Gasteiger partial charge in [0, 0.05) is 6.54 Å². The van der Waals surface area contributed by atoms with E-state index in [4.69, 9.17) is 10.5 Å². The van der Waals surface area contributed by atoms with Gasteiger partial charge in [-0.1, -0.05) is 30.3 Å². The van der Waals surface area contributed by atoms with Gasteiger partial charge in [-0.05, 0) is 42.8 Å². The first-order valence-electron chi connectivity index (χ1n) is 7.51. The number of ether oxygens (including phenoxy) is 1. The van der Waals surface area contributed by atoms with Gasteiger partial charge in [-0.2, -0.15) is 0 Å². The fraction of sp³-hybridized carbons (Fsp3) is 0.222. The Labute approximate surface area is 153 Å². The second-order valence-corrected chi connectivity index (χ2v) is 7.51. The number of benzene rings is 2. The summed E-state index contributed by atoms with van der Waals surface area (Å²) in [5, 5.41) is -0.657. The quantitative estimate of drug-likeness (QED) is 0.786. The summed E-state index contributed by atoms with van der Waals surface area (Å²) in [5.74, 6) is -0.0752. The highest BCUT2D eigenvalue weighted by molar-refractivity contribution is 7.91. The van der Waals surface area contributed by atoms with Gasteiger partial charge >= 0.3 is 0 Å². The first-order chi connectivity index (χ1) is 11.4. The monoisotopic (exact) mass is 385 g/mol. The number of rotatable bonds is 7. The highest BCUT2D eigenvalue weighted by Crippen LogP contribution is 2.29. The highest BCUT2D eigenvalue weighted by atomic mass is 35.5. The van der Waals surface area contributed by atoms with Crippen LogP contribution in [0, 0.1) is 0 Å². The number of hydrogen-bond acceptors (Lipinski definition) is 4. The first kappa shape index (κ1) is 21.2. The van der Waals surface area contributed by atoms with E-state index >= 15 is 0 Å². The van der Waals surface area contributed by atoms with Crippen molar-refractivity contribution in [1.29, 1.82) is 0 Å². The molecular weight excluding hydrogens is 365 g/mol. The van der Waals surface area contributed by atoms with Crippen molar-refractivity contribution >= 4 is 22.2 Å². The van der Waals surface area contributed by atoms with E-state index < -0.39 is 20.9 Å². The zero-order valence-corrected chi connectivity index (χ0v) is 15.4. The molecule has 4 nitrogen and oxygen atoms in total. The molecule has 25 heavy (non-hydrogen) atoms. The van der Waals surface area contributed by atoms with Gasteiger partial charge in [-0.15, -0.1) is 12.4 Å². The van der Waals surface area contributed by atoms with Gasteiger partial charge in [0.25, 0.3) is 0 Å². The second-order valence-electron chi connectivity index (χ2n) is 5.24. The molecule has 0 amide bonds. The molecule has 1 atom stereocenters. The number of halogens is 2. The van der Waals surface area contributed by atoms with E-state index in [0.717, 1.165) is 5.56 Å². The summed E-state index contributed by atoms with van der Waals surface area (Å²) in [4.78, 5) is 0.198. The Morgan fingerprint density at radius 1 is 1.16 bits per heavy atom. The molecule has 2 rings (SSSR count). The van der Waals surface area contributed by atoms with Crippen molar-refractivity contribution in [1.82, 2.24) is 0 Å². The summed E-state index contributed by atoms with van der Waals surface area (Å²) in [6.45, 7) is 1.52. The van der Waals surface area contributed by atoms with Crippen LogP contribution in [0.25, 0.3) is 0 Å². The van der Waals surface area contributed by atoms with Crippen LogP contribution in [0.1, 0.15) is 17.7 Å². The third kappa shape index (κ3) is 5.56. The van der Waals surface area contributed by atoms with Crippen LogP contribution in [0.4, 0.5) is 4.39 Å². The van der Waals surface area contributed by atoms with Gasteiger partial charge in [-0.25, -0.2) is 12.8 Å². The van der Waals surface area contributed by atoms with Crippen LogP contribution in [0.5, 0.6) is 5.75 Å². The fourth-order valence-electron chi connectivity index (χ4n) is 2.17. The third-order valence-corrected chi connectivity index (χ3v) is 5.74. The van der Waals surface area contributed by atoms with Gasteiger partial charge in [0.1, 0.15) is 18.2 Å². The Morgan fingerprint density at radius 2 is 1.76 bits per heavy atom. The van der Waals surface area contributed by atoms with E-state index in [9.17, 15) is 12.8 Å².